The van der Waals surface area contributed by atoms with Crippen molar-refractivity contribution in [2.24, 2.45) is 5.73 Å². The number of hydrogen-bond donors (Lipinski definition) is 1. The first kappa shape index (κ1) is 11.4. The van der Waals surface area contributed by atoms with Crippen LogP contribution in [0.2, 0.25) is 0 Å². The third kappa shape index (κ3) is 3.23. The maximum absolute atomic E-state index is 11.6. The van der Waals surface area contributed by atoms with Crippen molar-refractivity contribution >= 4 is 23.1 Å². The Kier molecular flexibility index (Phi) is 4.28. The quantitative estimate of drug-likeness (QED) is 0.689. The van der Waals surface area contributed by atoms with Gasteiger partial charge in [0.05, 0.1) is 17.5 Å². The number of carbonyl (C=O) groups is 1. The molecule has 1 aliphatic heterocycles. The van der Waals surface area contributed by atoms with Crippen LogP contribution in [-0.4, -0.2) is 42.1 Å². The Morgan fingerprint density at radius 2 is 2.43 bits per heavy atom. The van der Waals surface area contributed by atoms with Crippen LogP contribution in [0.3, 0.4) is 0 Å². The van der Waals surface area contributed by atoms with E-state index in [1.165, 1.54) is 0 Å². The number of rotatable bonds is 3. The number of hydrogen-bond acceptors (Lipinski definition) is 3. The van der Waals surface area contributed by atoms with E-state index < -0.39 is 0 Å². The van der Waals surface area contributed by atoms with Crippen LogP contribution in [0.15, 0.2) is 0 Å². The van der Waals surface area contributed by atoms with Gasteiger partial charge in [0.25, 0.3) is 0 Å². The predicted molar refractivity (Wildman–Crippen MR) is 58.0 cm³/mol. The van der Waals surface area contributed by atoms with Gasteiger partial charge in [-0.3, -0.25) is 4.79 Å². The van der Waals surface area contributed by atoms with Crippen molar-refractivity contribution in [1.29, 1.82) is 0 Å². The maximum atomic E-state index is 11.6. The van der Waals surface area contributed by atoms with E-state index >= 15 is 0 Å². The average molecular weight is 216 g/mol. The Balaban J connectivity index is 2.43. The molecule has 2 N–H and O–H groups in total. The highest BCUT2D eigenvalue weighted by molar-refractivity contribution is 7.80. The highest BCUT2D eigenvalue weighted by Crippen LogP contribution is 2.13. The first-order valence-electron chi connectivity index (χ1n) is 4.72. The SMILES string of the molecule is COC1CCCN(C(=O)CC(N)=S)C1. The normalized spacial score (nSPS) is 22.1. The third-order valence-corrected chi connectivity index (χ3v) is 2.53. The number of nitrogens with two attached hydrogens (primary N) is 1. The van der Waals surface area contributed by atoms with E-state index in [1.807, 2.05) is 0 Å². The van der Waals surface area contributed by atoms with Gasteiger partial charge in [-0.1, -0.05) is 12.2 Å². The molecule has 0 spiro atoms. The lowest BCUT2D eigenvalue weighted by Gasteiger charge is -2.31. The smallest absolute Gasteiger partial charge is 0.229 e. The minimum atomic E-state index is 0.0132. The molecule has 5 heteroatoms. The molecule has 1 fully saturated rings. The summed E-state index contributed by atoms with van der Waals surface area (Å²) < 4.78 is 5.22. The molecule has 1 amide bonds. The fraction of sp³-hybridized carbons (Fsp3) is 0.778. The summed E-state index contributed by atoms with van der Waals surface area (Å²) in [6.45, 7) is 1.46. The highest BCUT2D eigenvalue weighted by Gasteiger charge is 2.23. The Hall–Kier alpha value is -0.680. The molecule has 0 radical (unpaired) electrons. The average Bonchev–Trinajstić information content (AvgIpc) is 2.17. The molecule has 1 heterocycles. The van der Waals surface area contributed by atoms with Crippen LogP contribution in [0.5, 0.6) is 0 Å². The molecule has 80 valence electrons. The Labute approximate surface area is 89.4 Å². The Bertz CT molecular complexity index is 233. The molecule has 0 bridgehead atoms. The molecule has 1 unspecified atom stereocenters. The highest BCUT2D eigenvalue weighted by atomic mass is 32.1. The van der Waals surface area contributed by atoms with Crippen molar-refractivity contribution in [2.75, 3.05) is 20.2 Å². The van der Waals surface area contributed by atoms with Crippen molar-refractivity contribution in [3.8, 4) is 0 Å². The molecule has 14 heavy (non-hydrogen) atoms. The minimum absolute atomic E-state index is 0.0132. The molecular formula is C9H16N2O2S. The van der Waals surface area contributed by atoms with E-state index in [0.29, 0.717) is 6.54 Å². The maximum Gasteiger partial charge on any atom is 0.229 e. The molecule has 1 rings (SSSR count). The molecule has 4 nitrogen and oxygen atoms in total. The van der Waals surface area contributed by atoms with E-state index in [2.05, 4.69) is 0 Å². The number of piperidine rings is 1. The largest absolute Gasteiger partial charge is 0.393 e. The molecule has 1 saturated heterocycles. The molecule has 0 aromatic heterocycles. The summed E-state index contributed by atoms with van der Waals surface area (Å²) in [6.07, 6.45) is 2.35. The molecule has 0 saturated carbocycles. The fourth-order valence-corrected chi connectivity index (χ4v) is 1.74. The second kappa shape index (κ2) is 5.26. The van der Waals surface area contributed by atoms with E-state index in [1.54, 1.807) is 12.0 Å². The van der Waals surface area contributed by atoms with Crippen molar-refractivity contribution in [3.63, 3.8) is 0 Å². The zero-order valence-corrected chi connectivity index (χ0v) is 9.18. The molecule has 1 aliphatic rings. The van der Waals surface area contributed by atoms with Gasteiger partial charge in [0.2, 0.25) is 5.91 Å². The van der Waals surface area contributed by atoms with Crippen LogP contribution in [0.25, 0.3) is 0 Å². The number of ether oxygens (including phenoxy) is 1. The van der Waals surface area contributed by atoms with Crippen molar-refractivity contribution in [1.82, 2.24) is 4.90 Å². The van der Waals surface area contributed by atoms with E-state index in [-0.39, 0.29) is 23.4 Å². The van der Waals surface area contributed by atoms with Gasteiger partial charge >= 0.3 is 0 Å². The van der Waals surface area contributed by atoms with Crippen LogP contribution in [0.4, 0.5) is 0 Å². The molecule has 0 aromatic carbocycles. The molecule has 1 atom stereocenters. The fourth-order valence-electron chi connectivity index (χ4n) is 1.62. The summed E-state index contributed by atoms with van der Waals surface area (Å²) >= 11 is 4.70. The van der Waals surface area contributed by atoms with Crippen molar-refractivity contribution in [2.45, 2.75) is 25.4 Å². The number of thiocarbonyl (C=S) groups is 1. The van der Waals surface area contributed by atoms with Gasteiger partial charge in [-0.2, -0.15) is 0 Å². The number of amides is 1. The van der Waals surface area contributed by atoms with Gasteiger partial charge in [-0.05, 0) is 12.8 Å². The van der Waals surface area contributed by atoms with Gasteiger partial charge in [-0.25, -0.2) is 0 Å². The third-order valence-electron chi connectivity index (χ3n) is 2.39. The number of nitrogens with zero attached hydrogens (tertiary/aromatic N) is 1. The Morgan fingerprint density at radius 1 is 1.71 bits per heavy atom. The van der Waals surface area contributed by atoms with Crippen LogP contribution < -0.4 is 5.73 Å². The minimum Gasteiger partial charge on any atom is -0.393 e. The lowest BCUT2D eigenvalue weighted by Crippen LogP contribution is -2.43. The molecule has 0 aromatic rings. The van der Waals surface area contributed by atoms with Gasteiger partial charge in [0.15, 0.2) is 0 Å². The second-order valence-electron chi connectivity index (χ2n) is 3.48. The van der Waals surface area contributed by atoms with Gasteiger partial charge < -0.3 is 15.4 Å². The first-order chi connectivity index (χ1) is 6.63. The zero-order valence-electron chi connectivity index (χ0n) is 8.36. The van der Waals surface area contributed by atoms with E-state index in [4.69, 9.17) is 22.7 Å². The molecule has 0 aliphatic carbocycles. The first-order valence-corrected chi connectivity index (χ1v) is 5.13. The summed E-state index contributed by atoms with van der Waals surface area (Å²) in [5.74, 6) is 0.0132. The van der Waals surface area contributed by atoms with Crippen LogP contribution in [0, 0.1) is 0 Å². The van der Waals surface area contributed by atoms with Crippen molar-refractivity contribution in [3.05, 3.63) is 0 Å². The standard InChI is InChI=1S/C9H16N2O2S/c1-13-7-3-2-4-11(6-7)9(12)5-8(10)14/h7H,2-6H2,1H3,(H2,10,14). The molecular weight excluding hydrogens is 200 g/mol. The number of carbonyl (C=O) groups excluding carboxylic acids is 1. The van der Waals surface area contributed by atoms with E-state index in [0.717, 1.165) is 19.4 Å². The van der Waals surface area contributed by atoms with Crippen LogP contribution in [-0.2, 0) is 9.53 Å². The predicted octanol–water partition coefficient (Wildman–Crippen LogP) is 0.300. The lowest BCUT2D eigenvalue weighted by atomic mass is 10.1. The van der Waals surface area contributed by atoms with Gasteiger partial charge in [0.1, 0.15) is 0 Å². The van der Waals surface area contributed by atoms with Crippen molar-refractivity contribution < 1.29 is 9.53 Å². The van der Waals surface area contributed by atoms with Gasteiger partial charge in [-0.15, -0.1) is 0 Å². The monoisotopic (exact) mass is 216 g/mol. The second-order valence-corrected chi connectivity index (χ2v) is 4.01. The Morgan fingerprint density at radius 3 is 3.00 bits per heavy atom. The lowest BCUT2D eigenvalue weighted by molar-refractivity contribution is -0.133. The summed E-state index contributed by atoms with van der Waals surface area (Å²) in [5.41, 5.74) is 5.32. The van der Waals surface area contributed by atoms with Crippen LogP contribution in [0.1, 0.15) is 19.3 Å². The van der Waals surface area contributed by atoms with Crippen LogP contribution >= 0.6 is 12.2 Å². The summed E-state index contributed by atoms with van der Waals surface area (Å²) in [6, 6.07) is 0. The summed E-state index contributed by atoms with van der Waals surface area (Å²) in [7, 11) is 1.67. The zero-order chi connectivity index (χ0) is 10.6. The topological polar surface area (TPSA) is 55.6 Å². The summed E-state index contributed by atoms with van der Waals surface area (Å²) in [5, 5.41) is 0. The number of methoxy groups -OCH3 is 1. The summed E-state index contributed by atoms with van der Waals surface area (Å²) in [4.78, 5) is 13.6. The number of likely N-dealkylation sites (tertiary alicyclic amines) is 1. The van der Waals surface area contributed by atoms with Gasteiger partial charge in [0, 0.05) is 20.2 Å². The van der Waals surface area contributed by atoms with E-state index in [9.17, 15) is 4.79 Å².